The average Bonchev–Trinajstić information content (AvgIpc) is 2.51. The second-order valence-corrected chi connectivity index (χ2v) is 18.9. The molecule has 0 aromatic rings. The van der Waals surface area contributed by atoms with E-state index in [0.29, 0.717) is 6.04 Å². The summed E-state index contributed by atoms with van der Waals surface area (Å²) < 4.78 is 0. The van der Waals surface area contributed by atoms with Gasteiger partial charge in [-0.1, -0.05) is 0 Å². The molecule has 1 unspecified atom stereocenters. The van der Waals surface area contributed by atoms with E-state index in [0.717, 1.165) is 0 Å². The van der Waals surface area contributed by atoms with E-state index in [1.165, 1.54) is 76.1 Å². The minimum atomic E-state index is -1.51. The fourth-order valence-electron chi connectivity index (χ4n) is 3.10. The minimum absolute atomic E-state index is 0.692. The maximum absolute atomic E-state index is 4.24. The zero-order chi connectivity index (χ0) is 16.2. The van der Waals surface area contributed by atoms with Crippen molar-refractivity contribution in [2.24, 2.45) is 0 Å². The number of rotatable bonds is 14. The molecule has 0 heterocycles. The Morgan fingerprint density at radius 2 is 1.48 bits per heavy atom. The third kappa shape index (κ3) is 8.92. The molecule has 0 aliphatic carbocycles. The van der Waals surface area contributed by atoms with Gasteiger partial charge in [0.2, 0.25) is 0 Å². The van der Waals surface area contributed by atoms with Crippen LogP contribution in [0.15, 0.2) is 0 Å². The van der Waals surface area contributed by atoms with Gasteiger partial charge in [-0.2, -0.15) is 0 Å². The molecule has 0 spiro atoms. The average molecular weight is 382 g/mol. The van der Waals surface area contributed by atoms with E-state index < -0.39 is 5.31 Å². The van der Waals surface area contributed by atoms with Gasteiger partial charge in [-0.05, 0) is 0 Å². The van der Waals surface area contributed by atoms with Crippen molar-refractivity contribution in [2.75, 3.05) is 31.2 Å². The van der Waals surface area contributed by atoms with Crippen LogP contribution in [0.3, 0.4) is 0 Å². The van der Waals surface area contributed by atoms with Crippen molar-refractivity contribution in [2.45, 2.75) is 85.6 Å². The van der Waals surface area contributed by atoms with Crippen molar-refractivity contribution in [3.63, 3.8) is 0 Å². The molecule has 0 aromatic heterocycles. The van der Waals surface area contributed by atoms with Crippen molar-refractivity contribution in [3.05, 3.63) is 0 Å². The number of nitrogens with one attached hydrogen (secondary N) is 1. The van der Waals surface area contributed by atoms with Crippen molar-refractivity contribution < 1.29 is 0 Å². The van der Waals surface area contributed by atoms with Crippen molar-refractivity contribution >= 4 is 20.8 Å². The van der Waals surface area contributed by atoms with E-state index in [1.807, 2.05) is 0 Å². The summed E-state index contributed by atoms with van der Waals surface area (Å²) in [7, 11) is 0. The molecule has 0 fully saturated rings. The van der Waals surface area contributed by atoms with Gasteiger partial charge >= 0.3 is 143 Å². The summed E-state index contributed by atoms with van der Waals surface area (Å²) in [5.74, 6) is 0. The van der Waals surface area contributed by atoms with Crippen LogP contribution in [0, 0.1) is 0 Å². The summed E-state index contributed by atoms with van der Waals surface area (Å²) in [6, 6.07) is 0.692. The van der Waals surface area contributed by atoms with Crippen LogP contribution in [0.5, 0.6) is 0 Å². The molecular weight excluding hydrogens is 341 g/mol. The third-order valence-corrected chi connectivity index (χ3v) is 17.3. The van der Waals surface area contributed by atoms with Crippen molar-refractivity contribution in [1.29, 1.82) is 0 Å². The Morgan fingerprint density at radius 3 is 2.00 bits per heavy atom. The molecule has 0 bridgehead atoms. The van der Waals surface area contributed by atoms with Crippen LogP contribution < -0.4 is 5.32 Å². The standard InChI is InChI=1S/C18H41BrNP/c1-6-10-11-13-16-20-18(5)15-12-14-17-21(19,7-2,8-3)9-4/h18,20H,6-17H2,1-5H3. The van der Waals surface area contributed by atoms with Gasteiger partial charge in [0.15, 0.2) is 0 Å². The van der Waals surface area contributed by atoms with Crippen LogP contribution in [0.25, 0.3) is 0 Å². The number of halogens is 1. The van der Waals surface area contributed by atoms with Crippen molar-refractivity contribution in [1.82, 2.24) is 5.32 Å². The van der Waals surface area contributed by atoms with Crippen LogP contribution in [0.2, 0.25) is 0 Å². The van der Waals surface area contributed by atoms with Gasteiger partial charge in [-0.25, -0.2) is 0 Å². The molecule has 0 saturated carbocycles. The summed E-state index contributed by atoms with van der Waals surface area (Å²) in [6.45, 7) is 13.0. The fourth-order valence-corrected chi connectivity index (χ4v) is 7.16. The first-order valence-corrected chi connectivity index (χ1v) is 14.4. The molecule has 0 amide bonds. The molecule has 0 saturated heterocycles. The fraction of sp³-hybridized carbons (Fsp3) is 1.00. The molecule has 0 radical (unpaired) electrons. The molecule has 0 rings (SSSR count). The molecular formula is C18H41BrNP. The predicted molar refractivity (Wildman–Crippen MR) is 108 cm³/mol. The Morgan fingerprint density at radius 1 is 0.857 bits per heavy atom. The van der Waals surface area contributed by atoms with Crippen LogP contribution in [-0.4, -0.2) is 37.2 Å². The van der Waals surface area contributed by atoms with E-state index in [9.17, 15) is 0 Å². The van der Waals surface area contributed by atoms with Crippen LogP contribution in [0.4, 0.5) is 0 Å². The molecule has 0 aliphatic heterocycles. The Hall–Kier alpha value is 0.870. The normalized spacial score (nSPS) is 15.6. The van der Waals surface area contributed by atoms with Crippen molar-refractivity contribution in [3.8, 4) is 0 Å². The summed E-state index contributed by atoms with van der Waals surface area (Å²) in [5, 5.41) is 2.18. The van der Waals surface area contributed by atoms with Gasteiger partial charge in [0.25, 0.3) is 0 Å². The first-order valence-electron chi connectivity index (χ1n) is 9.39. The second-order valence-electron chi connectivity index (χ2n) is 6.90. The molecule has 1 nitrogen and oxygen atoms in total. The van der Waals surface area contributed by atoms with Gasteiger partial charge in [0.1, 0.15) is 0 Å². The number of hydrogen-bond acceptors (Lipinski definition) is 1. The molecule has 3 heteroatoms. The topological polar surface area (TPSA) is 12.0 Å². The molecule has 130 valence electrons. The summed E-state index contributed by atoms with van der Waals surface area (Å²) in [5.41, 5.74) is 0. The van der Waals surface area contributed by atoms with Gasteiger partial charge in [0.05, 0.1) is 0 Å². The van der Waals surface area contributed by atoms with E-state index in [1.54, 1.807) is 0 Å². The third-order valence-electron chi connectivity index (χ3n) is 5.50. The maximum atomic E-state index is 4.24. The first-order chi connectivity index (χ1) is 9.93. The van der Waals surface area contributed by atoms with Gasteiger partial charge in [0, 0.05) is 0 Å². The number of hydrogen-bond donors (Lipinski definition) is 1. The zero-order valence-electron chi connectivity index (χ0n) is 15.4. The van der Waals surface area contributed by atoms with Gasteiger partial charge < -0.3 is 0 Å². The molecule has 21 heavy (non-hydrogen) atoms. The first kappa shape index (κ1) is 21.9. The molecule has 1 atom stereocenters. The summed E-state index contributed by atoms with van der Waals surface area (Å²) >= 11 is 4.24. The Kier molecular flexibility index (Phi) is 11.9. The quantitative estimate of drug-likeness (QED) is 0.262. The zero-order valence-corrected chi connectivity index (χ0v) is 17.9. The Labute approximate surface area is 143 Å². The van der Waals surface area contributed by atoms with Gasteiger partial charge in [-0.15, -0.1) is 0 Å². The molecule has 0 aromatic carbocycles. The van der Waals surface area contributed by atoms with E-state index >= 15 is 0 Å². The van der Waals surface area contributed by atoms with Crippen LogP contribution in [-0.2, 0) is 0 Å². The van der Waals surface area contributed by atoms with Crippen LogP contribution in [0.1, 0.15) is 79.6 Å². The summed E-state index contributed by atoms with van der Waals surface area (Å²) in [4.78, 5) is 0. The second kappa shape index (κ2) is 11.4. The van der Waals surface area contributed by atoms with Gasteiger partial charge in [-0.3, -0.25) is 0 Å². The Bertz CT molecular complexity index is 243. The van der Waals surface area contributed by atoms with E-state index in [2.05, 4.69) is 55.4 Å². The number of unbranched alkanes of at least 4 members (excludes halogenated alkanes) is 4. The van der Waals surface area contributed by atoms with Crippen LogP contribution >= 0.6 is 20.8 Å². The Balaban J connectivity index is 3.78. The molecule has 0 aliphatic rings. The predicted octanol–water partition coefficient (Wildman–Crippen LogP) is 6.64. The summed E-state index contributed by atoms with van der Waals surface area (Å²) in [6.07, 6.45) is 15.1. The van der Waals surface area contributed by atoms with E-state index in [-0.39, 0.29) is 0 Å². The molecule has 1 N–H and O–H groups in total. The SMILES string of the molecule is CCCCCCNC(C)CCCCP(Br)(CC)(CC)CC. The van der Waals surface area contributed by atoms with E-state index in [4.69, 9.17) is 0 Å². The monoisotopic (exact) mass is 381 g/mol.